The molecule has 2 saturated carbocycles. The van der Waals surface area contributed by atoms with Crippen molar-refractivity contribution in [1.82, 2.24) is 15.6 Å². The van der Waals surface area contributed by atoms with Crippen LogP contribution in [0.1, 0.15) is 86.2 Å². The fourth-order valence-corrected chi connectivity index (χ4v) is 4.23. The van der Waals surface area contributed by atoms with E-state index in [0.29, 0.717) is 23.2 Å². The summed E-state index contributed by atoms with van der Waals surface area (Å²) in [5, 5.41) is 6.21. The van der Waals surface area contributed by atoms with Crippen molar-refractivity contribution in [1.29, 1.82) is 0 Å². The lowest BCUT2D eigenvalue weighted by molar-refractivity contribution is 0.0900. The summed E-state index contributed by atoms with van der Waals surface area (Å²) in [6.45, 7) is 4.37. The number of carbonyl (C=O) groups excluding carboxylic acids is 2. The molecule has 142 valence electrons. The molecule has 0 saturated heterocycles. The molecule has 0 aliphatic heterocycles. The van der Waals surface area contributed by atoms with E-state index in [1.54, 1.807) is 18.2 Å². The standard InChI is InChI=1S/C21H31N3O2/c1-14-8-3-5-10-16(14)23-20(25)18-12-7-13-19(22-18)21(26)24-17-11-6-4-9-15(17)2/h7,12-17H,3-6,8-11H2,1-2H3,(H,23,25)(H,24,26). The van der Waals surface area contributed by atoms with Gasteiger partial charge in [0.25, 0.3) is 11.8 Å². The van der Waals surface area contributed by atoms with Crippen molar-refractivity contribution in [2.45, 2.75) is 77.3 Å². The summed E-state index contributed by atoms with van der Waals surface area (Å²) in [5.74, 6) is 0.632. The molecule has 0 radical (unpaired) electrons. The third-order valence-corrected chi connectivity index (χ3v) is 6.07. The van der Waals surface area contributed by atoms with Crippen molar-refractivity contribution in [2.24, 2.45) is 11.8 Å². The van der Waals surface area contributed by atoms with Gasteiger partial charge in [-0.1, -0.05) is 45.6 Å². The second kappa shape index (κ2) is 8.65. The fourth-order valence-electron chi connectivity index (χ4n) is 4.23. The SMILES string of the molecule is CC1CCCCC1NC(=O)c1cccc(C(=O)NC2CCCCC2C)n1. The first-order valence-electron chi connectivity index (χ1n) is 10.1. The number of aromatic nitrogens is 1. The molecular weight excluding hydrogens is 326 g/mol. The zero-order valence-electron chi connectivity index (χ0n) is 16.0. The Balaban J connectivity index is 1.63. The van der Waals surface area contributed by atoms with Gasteiger partial charge in [-0.05, 0) is 49.7 Å². The normalized spacial score (nSPS) is 29.0. The molecule has 2 fully saturated rings. The van der Waals surface area contributed by atoms with Crippen molar-refractivity contribution in [3.63, 3.8) is 0 Å². The maximum Gasteiger partial charge on any atom is 0.270 e. The van der Waals surface area contributed by atoms with Gasteiger partial charge in [0.05, 0.1) is 0 Å². The lowest BCUT2D eigenvalue weighted by Gasteiger charge is -2.29. The molecule has 0 aromatic carbocycles. The molecule has 1 aromatic rings. The van der Waals surface area contributed by atoms with Gasteiger partial charge in [-0.15, -0.1) is 0 Å². The van der Waals surface area contributed by atoms with Gasteiger partial charge in [0, 0.05) is 12.1 Å². The average Bonchev–Trinajstić information content (AvgIpc) is 2.65. The molecule has 4 atom stereocenters. The van der Waals surface area contributed by atoms with Gasteiger partial charge < -0.3 is 10.6 Å². The van der Waals surface area contributed by atoms with Crippen molar-refractivity contribution in [3.8, 4) is 0 Å². The lowest BCUT2D eigenvalue weighted by Crippen LogP contribution is -2.42. The number of carbonyl (C=O) groups is 2. The molecular formula is C21H31N3O2. The van der Waals surface area contributed by atoms with Gasteiger partial charge in [-0.3, -0.25) is 9.59 Å². The topological polar surface area (TPSA) is 71.1 Å². The van der Waals surface area contributed by atoms with Crippen LogP contribution >= 0.6 is 0 Å². The maximum atomic E-state index is 12.6. The molecule has 4 unspecified atom stereocenters. The predicted octanol–water partition coefficient (Wildman–Crippen LogP) is 3.70. The molecule has 1 aromatic heterocycles. The van der Waals surface area contributed by atoms with Crippen molar-refractivity contribution in [3.05, 3.63) is 29.6 Å². The minimum absolute atomic E-state index is 0.176. The second-order valence-corrected chi connectivity index (χ2v) is 8.09. The summed E-state index contributed by atoms with van der Waals surface area (Å²) in [4.78, 5) is 29.5. The highest BCUT2D eigenvalue weighted by molar-refractivity contribution is 5.96. The molecule has 2 amide bonds. The van der Waals surface area contributed by atoms with Crippen LogP contribution in [0, 0.1) is 11.8 Å². The lowest BCUT2D eigenvalue weighted by atomic mass is 9.86. The molecule has 0 bridgehead atoms. The van der Waals surface area contributed by atoms with Gasteiger partial charge in [0.2, 0.25) is 0 Å². The number of amides is 2. The number of hydrogen-bond acceptors (Lipinski definition) is 3. The Morgan fingerprint density at radius 3 is 1.65 bits per heavy atom. The summed E-state index contributed by atoms with van der Waals surface area (Å²) in [6.07, 6.45) is 9.14. The van der Waals surface area contributed by atoms with E-state index in [9.17, 15) is 9.59 Å². The molecule has 5 nitrogen and oxygen atoms in total. The summed E-state index contributed by atoms with van der Waals surface area (Å²) in [6, 6.07) is 5.52. The van der Waals surface area contributed by atoms with E-state index < -0.39 is 0 Å². The van der Waals surface area contributed by atoms with Crippen LogP contribution in [0.3, 0.4) is 0 Å². The van der Waals surface area contributed by atoms with Crippen LogP contribution < -0.4 is 10.6 Å². The van der Waals surface area contributed by atoms with Crippen molar-refractivity contribution < 1.29 is 9.59 Å². The van der Waals surface area contributed by atoms with Crippen molar-refractivity contribution >= 4 is 11.8 Å². The Hall–Kier alpha value is -1.91. The number of pyridine rings is 1. The van der Waals surface area contributed by atoms with Crippen LogP contribution in [-0.4, -0.2) is 28.9 Å². The van der Waals surface area contributed by atoms with Crippen LogP contribution in [0.5, 0.6) is 0 Å². The van der Waals surface area contributed by atoms with E-state index in [1.165, 1.54) is 12.8 Å². The van der Waals surface area contributed by atoms with Gasteiger partial charge in [-0.2, -0.15) is 0 Å². The monoisotopic (exact) mass is 357 g/mol. The molecule has 0 spiro atoms. The highest BCUT2D eigenvalue weighted by atomic mass is 16.2. The molecule has 3 rings (SSSR count). The van der Waals surface area contributed by atoms with E-state index in [1.807, 2.05) is 0 Å². The van der Waals surface area contributed by atoms with Crippen LogP contribution in [0.2, 0.25) is 0 Å². The highest BCUT2D eigenvalue weighted by Gasteiger charge is 2.25. The van der Waals surface area contributed by atoms with Crippen LogP contribution in [0.25, 0.3) is 0 Å². The molecule has 2 N–H and O–H groups in total. The van der Waals surface area contributed by atoms with Crippen molar-refractivity contribution in [2.75, 3.05) is 0 Å². The minimum atomic E-state index is -0.176. The molecule has 5 heteroatoms. The Bertz CT molecular complexity index is 595. The van der Waals surface area contributed by atoms with E-state index in [2.05, 4.69) is 29.5 Å². The third kappa shape index (κ3) is 4.63. The van der Waals surface area contributed by atoms with E-state index in [4.69, 9.17) is 0 Å². The number of hydrogen-bond donors (Lipinski definition) is 2. The van der Waals surface area contributed by atoms with E-state index in [0.717, 1.165) is 38.5 Å². The van der Waals surface area contributed by atoms with E-state index >= 15 is 0 Å². The Labute approximate surface area is 156 Å². The van der Waals surface area contributed by atoms with Gasteiger partial charge in [0.1, 0.15) is 11.4 Å². The van der Waals surface area contributed by atoms with Crippen LogP contribution in [-0.2, 0) is 0 Å². The number of nitrogens with zero attached hydrogens (tertiary/aromatic N) is 1. The first-order chi connectivity index (χ1) is 12.5. The second-order valence-electron chi connectivity index (χ2n) is 8.09. The molecule has 2 aliphatic rings. The Kier molecular flexibility index (Phi) is 6.28. The predicted molar refractivity (Wildman–Crippen MR) is 102 cm³/mol. The largest absolute Gasteiger partial charge is 0.348 e. The fraction of sp³-hybridized carbons (Fsp3) is 0.667. The van der Waals surface area contributed by atoms with Gasteiger partial charge >= 0.3 is 0 Å². The Morgan fingerprint density at radius 1 is 0.808 bits per heavy atom. The summed E-state index contributed by atoms with van der Waals surface area (Å²) in [5.41, 5.74) is 0.652. The quantitative estimate of drug-likeness (QED) is 0.863. The molecule has 1 heterocycles. The molecule has 2 aliphatic carbocycles. The highest BCUT2D eigenvalue weighted by Crippen LogP contribution is 2.25. The third-order valence-electron chi connectivity index (χ3n) is 6.07. The minimum Gasteiger partial charge on any atom is -0.348 e. The zero-order valence-corrected chi connectivity index (χ0v) is 16.0. The maximum absolute atomic E-state index is 12.6. The zero-order chi connectivity index (χ0) is 18.5. The summed E-state index contributed by atoms with van der Waals surface area (Å²) in [7, 11) is 0. The first-order valence-corrected chi connectivity index (χ1v) is 10.1. The molecule has 26 heavy (non-hydrogen) atoms. The van der Waals surface area contributed by atoms with Crippen LogP contribution in [0.4, 0.5) is 0 Å². The van der Waals surface area contributed by atoms with Gasteiger partial charge in [-0.25, -0.2) is 4.98 Å². The van der Waals surface area contributed by atoms with Crippen LogP contribution in [0.15, 0.2) is 18.2 Å². The summed E-state index contributed by atoms with van der Waals surface area (Å²) < 4.78 is 0. The first kappa shape index (κ1) is 18.9. The number of rotatable bonds is 4. The smallest absolute Gasteiger partial charge is 0.270 e. The number of nitrogens with one attached hydrogen (secondary N) is 2. The van der Waals surface area contributed by atoms with Gasteiger partial charge in [0.15, 0.2) is 0 Å². The summed E-state index contributed by atoms with van der Waals surface area (Å²) >= 11 is 0. The average molecular weight is 357 g/mol. The van der Waals surface area contributed by atoms with E-state index in [-0.39, 0.29) is 23.9 Å². The Morgan fingerprint density at radius 2 is 1.23 bits per heavy atom.